The third-order valence-corrected chi connectivity index (χ3v) is 4.48. The molecule has 1 aromatic heterocycles. The maximum atomic E-state index is 12.3. The minimum atomic E-state index is 0.310. The van der Waals surface area contributed by atoms with Crippen LogP contribution in [-0.2, 0) is 17.8 Å². The average Bonchev–Trinajstić information content (AvgIpc) is 2.53. The van der Waals surface area contributed by atoms with Crippen molar-refractivity contribution in [3.8, 4) is 0 Å². The smallest absolute Gasteiger partial charge is 0.222 e. The van der Waals surface area contributed by atoms with Gasteiger partial charge in [-0.15, -0.1) is 0 Å². The fourth-order valence-corrected chi connectivity index (χ4v) is 3.23. The molecule has 4 nitrogen and oxygen atoms in total. The zero-order valence-electron chi connectivity index (χ0n) is 12.0. The second-order valence-corrected chi connectivity index (χ2v) is 5.93. The van der Waals surface area contributed by atoms with Crippen LogP contribution in [0.1, 0.15) is 36.9 Å². The number of nitrogens with one attached hydrogen (secondary N) is 1. The maximum Gasteiger partial charge on any atom is 0.222 e. The summed E-state index contributed by atoms with van der Waals surface area (Å²) in [5, 5.41) is 3.42. The monoisotopic (exact) mass is 273 g/mol. The van der Waals surface area contributed by atoms with Crippen molar-refractivity contribution in [1.82, 2.24) is 15.2 Å². The first-order valence-corrected chi connectivity index (χ1v) is 7.74. The number of amides is 1. The Morgan fingerprint density at radius 1 is 1.50 bits per heavy atom. The Labute approximate surface area is 120 Å². The maximum absolute atomic E-state index is 12.3. The van der Waals surface area contributed by atoms with Gasteiger partial charge in [-0.1, -0.05) is 6.07 Å². The molecule has 0 saturated carbocycles. The molecule has 4 heteroatoms. The summed E-state index contributed by atoms with van der Waals surface area (Å²) in [5.74, 6) is 0.997. The Hall–Kier alpha value is -1.42. The SMILES string of the molecule is O=C(CCC1CCCNC1)N1CCc2ncccc2C1. The molecule has 0 bridgehead atoms. The van der Waals surface area contributed by atoms with Gasteiger partial charge in [0.2, 0.25) is 5.91 Å². The number of carbonyl (C=O) groups is 1. The first-order chi connectivity index (χ1) is 9.83. The molecule has 2 aliphatic heterocycles. The summed E-state index contributed by atoms with van der Waals surface area (Å²) in [5.41, 5.74) is 2.37. The second-order valence-electron chi connectivity index (χ2n) is 5.93. The molecule has 2 aliphatic rings. The summed E-state index contributed by atoms with van der Waals surface area (Å²) in [6.07, 6.45) is 6.98. The topological polar surface area (TPSA) is 45.2 Å². The predicted molar refractivity (Wildman–Crippen MR) is 78.2 cm³/mol. The lowest BCUT2D eigenvalue weighted by atomic mass is 9.94. The molecule has 1 saturated heterocycles. The van der Waals surface area contributed by atoms with Crippen LogP contribution >= 0.6 is 0 Å². The number of pyridine rings is 1. The van der Waals surface area contributed by atoms with Gasteiger partial charge < -0.3 is 10.2 Å². The molecular weight excluding hydrogens is 250 g/mol. The van der Waals surface area contributed by atoms with E-state index in [-0.39, 0.29) is 0 Å². The normalized spacial score (nSPS) is 22.4. The zero-order valence-corrected chi connectivity index (χ0v) is 12.0. The summed E-state index contributed by atoms with van der Waals surface area (Å²) >= 11 is 0. The highest BCUT2D eigenvalue weighted by molar-refractivity contribution is 5.76. The number of piperidine rings is 1. The highest BCUT2D eigenvalue weighted by Gasteiger charge is 2.22. The minimum Gasteiger partial charge on any atom is -0.338 e. The highest BCUT2D eigenvalue weighted by atomic mass is 16.2. The van der Waals surface area contributed by atoms with Gasteiger partial charge in [-0.05, 0) is 49.9 Å². The first-order valence-electron chi connectivity index (χ1n) is 7.74. The molecule has 1 atom stereocenters. The highest BCUT2D eigenvalue weighted by Crippen LogP contribution is 2.20. The van der Waals surface area contributed by atoms with Gasteiger partial charge in [-0.25, -0.2) is 0 Å². The third-order valence-electron chi connectivity index (χ3n) is 4.48. The van der Waals surface area contributed by atoms with Gasteiger partial charge in [0, 0.05) is 37.8 Å². The van der Waals surface area contributed by atoms with E-state index >= 15 is 0 Å². The van der Waals surface area contributed by atoms with Crippen molar-refractivity contribution < 1.29 is 4.79 Å². The Bertz CT molecular complexity index is 469. The van der Waals surface area contributed by atoms with E-state index in [9.17, 15) is 4.79 Å². The van der Waals surface area contributed by atoms with Crippen molar-refractivity contribution in [2.45, 2.75) is 38.6 Å². The standard InChI is InChI=1S/C16H23N3O/c20-16(6-5-13-3-1-8-17-11-13)19-10-7-15-14(12-19)4-2-9-18-15/h2,4,9,13,17H,1,3,5-8,10-12H2. The molecule has 0 spiro atoms. The molecule has 1 N–H and O–H groups in total. The van der Waals surface area contributed by atoms with Crippen LogP contribution in [0.15, 0.2) is 18.3 Å². The number of rotatable bonds is 3. The van der Waals surface area contributed by atoms with Gasteiger partial charge in [-0.3, -0.25) is 9.78 Å². The van der Waals surface area contributed by atoms with Crippen molar-refractivity contribution in [2.75, 3.05) is 19.6 Å². The largest absolute Gasteiger partial charge is 0.338 e. The van der Waals surface area contributed by atoms with E-state index in [0.717, 1.165) is 44.7 Å². The van der Waals surface area contributed by atoms with Crippen molar-refractivity contribution in [3.63, 3.8) is 0 Å². The lowest BCUT2D eigenvalue weighted by Crippen LogP contribution is -2.37. The van der Waals surface area contributed by atoms with Crippen LogP contribution < -0.4 is 5.32 Å². The summed E-state index contributed by atoms with van der Waals surface area (Å²) in [6, 6.07) is 4.05. The van der Waals surface area contributed by atoms with Gasteiger partial charge in [0.05, 0.1) is 0 Å². The number of hydrogen-bond donors (Lipinski definition) is 1. The van der Waals surface area contributed by atoms with E-state index < -0.39 is 0 Å². The molecule has 0 radical (unpaired) electrons. The molecule has 1 unspecified atom stereocenters. The molecule has 0 aliphatic carbocycles. The van der Waals surface area contributed by atoms with Crippen LogP contribution in [0.2, 0.25) is 0 Å². The number of carbonyl (C=O) groups excluding carboxylic acids is 1. The Morgan fingerprint density at radius 3 is 3.30 bits per heavy atom. The molecule has 0 aromatic carbocycles. The first kappa shape index (κ1) is 13.6. The van der Waals surface area contributed by atoms with Crippen molar-refractivity contribution >= 4 is 5.91 Å². The molecule has 20 heavy (non-hydrogen) atoms. The van der Waals surface area contributed by atoms with Crippen LogP contribution in [0, 0.1) is 5.92 Å². The fraction of sp³-hybridized carbons (Fsp3) is 0.625. The van der Waals surface area contributed by atoms with E-state index in [4.69, 9.17) is 0 Å². The number of nitrogens with zero attached hydrogens (tertiary/aromatic N) is 2. The number of fused-ring (bicyclic) bond motifs is 1. The molecule has 1 aromatic rings. The number of hydrogen-bond acceptors (Lipinski definition) is 3. The quantitative estimate of drug-likeness (QED) is 0.912. The Morgan fingerprint density at radius 2 is 2.45 bits per heavy atom. The van der Waals surface area contributed by atoms with E-state index in [1.165, 1.54) is 18.4 Å². The van der Waals surface area contributed by atoms with Gasteiger partial charge in [-0.2, -0.15) is 0 Å². The predicted octanol–water partition coefficient (Wildman–Crippen LogP) is 1.75. The van der Waals surface area contributed by atoms with E-state index in [0.29, 0.717) is 18.2 Å². The lowest BCUT2D eigenvalue weighted by Gasteiger charge is -2.29. The van der Waals surface area contributed by atoms with Crippen LogP contribution in [0.25, 0.3) is 0 Å². The van der Waals surface area contributed by atoms with Gasteiger partial charge in [0.15, 0.2) is 0 Å². The summed E-state index contributed by atoms with van der Waals surface area (Å²) in [7, 11) is 0. The van der Waals surface area contributed by atoms with Gasteiger partial charge in [0.1, 0.15) is 0 Å². The van der Waals surface area contributed by atoms with Crippen LogP contribution in [0.3, 0.4) is 0 Å². The van der Waals surface area contributed by atoms with E-state index in [2.05, 4.69) is 16.4 Å². The molecule has 3 heterocycles. The van der Waals surface area contributed by atoms with Crippen LogP contribution in [0.5, 0.6) is 0 Å². The third kappa shape index (κ3) is 3.18. The van der Waals surface area contributed by atoms with Crippen molar-refractivity contribution in [2.24, 2.45) is 5.92 Å². The van der Waals surface area contributed by atoms with Crippen LogP contribution in [-0.4, -0.2) is 35.4 Å². The lowest BCUT2D eigenvalue weighted by molar-refractivity contribution is -0.132. The molecule has 3 rings (SSSR count). The van der Waals surface area contributed by atoms with Crippen molar-refractivity contribution in [3.05, 3.63) is 29.6 Å². The molecule has 108 valence electrons. The van der Waals surface area contributed by atoms with Crippen molar-refractivity contribution in [1.29, 1.82) is 0 Å². The minimum absolute atomic E-state index is 0.310. The van der Waals surface area contributed by atoms with E-state index in [1.807, 2.05) is 17.2 Å². The fourth-order valence-electron chi connectivity index (χ4n) is 3.23. The molecule has 1 amide bonds. The molecule has 1 fully saturated rings. The van der Waals surface area contributed by atoms with Gasteiger partial charge >= 0.3 is 0 Å². The van der Waals surface area contributed by atoms with E-state index in [1.54, 1.807) is 0 Å². The number of aromatic nitrogens is 1. The summed E-state index contributed by atoms with van der Waals surface area (Å²) in [6.45, 7) is 3.79. The zero-order chi connectivity index (χ0) is 13.8. The average molecular weight is 273 g/mol. The van der Waals surface area contributed by atoms with Gasteiger partial charge in [0.25, 0.3) is 0 Å². The second kappa shape index (κ2) is 6.35. The van der Waals surface area contributed by atoms with Crippen LogP contribution in [0.4, 0.5) is 0 Å². The Kier molecular flexibility index (Phi) is 4.31. The summed E-state index contributed by atoms with van der Waals surface area (Å²) in [4.78, 5) is 18.7. The molecular formula is C16H23N3O. The summed E-state index contributed by atoms with van der Waals surface area (Å²) < 4.78 is 0. The Balaban J connectivity index is 1.51.